The molecule has 0 saturated heterocycles. The maximum Gasteiger partial charge on any atom is 0.272 e. The predicted octanol–water partition coefficient (Wildman–Crippen LogP) is 2.73. The third-order valence-corrected chi connectivity index (χ3v) is 6.10. The van der Waals surface area contributed by atoms with E-state index in [4.69, 9.17) is 0 Å². The zero-order chi connectivity index (χ0) is 22.2. The summed E-state index contributed by atoms with van der Waals surface area (Å²) in [5.41, 5.74) is 3.09. The molecule has 0 saturated carbocycles. The van der Waals surface area contributed by atoms with Gasteiger partial charge in [0, 0.05) is 36.6 Å². The Morgan fingerprint density at radius 2 is 2.06 bits per heavy atom. The average Bonchev–Trinajstić information content (AvgIpc) is 3.20. The first-order valence-corrected chi connectivity index (χ1v) is 10.7. The SMILES string of the molecule is CCn1ncnc1C1c2n[nH]c(=O)c3cc(F)cc(c23)NCC1c1ccc(CNC)cc1. The number of benzene rings is 2. The molecule has 0 amide bonds. The van der Waals surface area contributed by atoms with E-state index < -0.39 is 11.4 Å². The lowest BCUT2D eigenvalue weighted by molar-refractivity contribution is 0.527. The minimum atomic E-state index is -0.467. The topological polar surface area (TPSA) is 101 Å². The van der Waals surface area contributed by atoms with Gasteiger partial charge in [-0.1, -0.05) is 24.3 Å². The highest BCUT2D eigenvalue weighted by Gasteiger charge is 2.36. The van der Waals surface area contributed by atoms with Crippen LogP contribution in [0.2, 0.25) is 0 Å². The van der Waals surface area contributed by atoms with Gasteiger partial charge in [-0.05, 0) is 37.2 Å². The van der Waals surface area contributed by atoms with Crippen molar-refractivity contribution in [3.63, 3.8) is 0 Å². The molecule has 1 aliphatic heterocycles. The number of nitrogens with zero attached hydrogens (tertiary/aromatic N) is 4. The molecule has 32 heavy (non-hydrogen) atoms. The molecule has 2 aromatic carbocycles. The second-order valence-electron chi connectivity index (χ2n) is 7.98. The molecule has 5 rings (SSSR count). The third kappa shape index (κ3) is 3.34. The van der Waals surface area contributed by atoms with Crippen molar-refractivity contribution < 1.29 is 4.39 Å². The van der Waals surface area contributed by atoms with Crippen LogP contribution in [-0.4, -0.2) is 38.6 Å². The monoisotopic (exact) mass is 433 g/mol. The Hall–Kier alpha value is -3.59. The highest BCUT2D eigenvalue weighted by molar-refractivity contribution is 5.96. The number of aromatic amines is 1. The van der Waals surface area contributed by atoms with Crippen molar-refractivity contribution in [1.29, 1.82) is 0 Å². The van der Waals surface area contributed by atoms with Crippen molar-refractivity contribution in [2.24, 2.45) is 0 Å². The molecule has 1 aliphatic rings. The van der Waals surface area contributed by atoms with E-state index in [9.17, 15) is 9.18 Å². The molecule has 3 heterocycles. The quantitative estimate of drug-likeness (QED) is 0.448. The molecule has 2 unspecified atom stereocenters. The molecule has 0 radical (unpaired) electrons. The van der Waals surface area contributed by atoms with E-state index in [0.717, 1.165) is 17.9 Å². The fraction of sp³-hybridized carbons (Fsp3) is 0.304. The van der Waals surface area contributed by atoms with Gasteiger partial charge in [0.2, 0.25) is 0 Å². The van der Waals surface area contributed by atoms with Crippen molar-refractivity contribution >= 4 is 16.5 Å². The fourth-order valence-electron chi connectivity index (χ4n) is 4.64. The third-order valence-electron chi connectivity index (χ3n) is 6.10. The standard InChI is InChI=1S/C23H24FN7O/c1-3-31-22(27-12-28-31)20-17(14-6-4-13(5-7-14)10-25-2)11-26-18-9-15(24)8-16-19(18)21(20)29-30-23(16)32/h4-9,12,17,20,25-26H,3,10-11H2,1-2H3,(H,30,32). The van der Waals surface area contributed by atoms with Crippen molar-refractivity contribution in [3.05, 3.63) is 81.5 Å². The Morgan fingerprint density at radius 3 is 2.81 bits per heavy atom. The summed E-state index contributed by atoms with van der Waals surface area (Å²) < 4.78 is 16.2. The maximum atomic E-state index is 14.3. The number of aromatic nitrogens is 5. The molecule has 164 valence electrons. The number of hydrogen-bond acceptors (Lipinski definition) is 6. The summed E-state index contributed by atoms with van der Waals surface area (Å²) in [5, 5.41) is 18.9. The van der Waals surface area contributed by atoms with E-state index in [1.165, 1.54) is 17.7 Å². The van der Waals surface area contributed by atoms with Crippen LogP contribution >= 0.6 is 0 Å². The highest BCUT2D eigenvalue weighted by Crippen LogP contribution is 2.43. The van der Waals surface area contributed by atoms with E-state index in [0.29, 0.717) is 29.9 Å². The molecule has 8 nitrogen and oxygen atoms in total. The Kier molecular flexibility index (Phi) is 5.18. The molecule has 0 fully saturated rings. The van der Waals surface area contributed by atoms with Crippen LogP contribution in [0.25, 0.3) is 10.8 Å². The maximum absolute atomic E-state index is 14.3. The smallest absolute Gasteiger partial charge is 0.272 e. The van der Waals surface area contributed by atoms with E-state index in [-0.39, 0.29) is 17.2 Å². The molecule has 2 aromatic heterocycles. The van der Waals surface area contributed by atoms with Gasteiger partial charge in [0.05, 0.1) is 17.0 Å². The average molecular weight is 433 g/mol. The Bertz CT molecular complexity index is 1330. The Labute approximate surface area is 183 Å². The number of hydrogen-bond donors (Lipinski definition) is 3. The van der Waals surface area contributed by atoms with Crippen LogP contribution in [0.4, 0.5) is 10.1 Å². The number of aryl methyl sites for hydroxylation is 1. The van der Waals surface area contributed by atoms with E-state index >= 15 is 0 Å². The molecule has 0 aliphatic carbocycles. The van der Waals surface area contributed by atoms with Gasteiger partial charge in [-0.2, -0.15) is 10.2 Å². The Morgan fingerprint density at radius 1 is 1.25 bits per heavy atom. The first-order chi connectivity index (χ1) is 15.6. The summed E-state index contributed by atoms with van der Waals surface area (Å²) in [6, 6.07) is 11.1. The van der Waals surface area contributed by atoms with E-state index in [1.807, 2.05) is 18.7 Å². The molecule has 2 atom stereocenters. The lowest BCUT2D eigenvalue weighted by Crippen LogP contribution is -2.24. The van der Waals surface area contributed by atoms with Crippen LogP contribution < -0.4 is 16.2 Å². The molecule has 0 bridgehead atoms. The summed E-state index contributed by atoms with van der Waals surface area (Å²) in [4.78, 5) is 17.1. The van der Waals surface area contributed by atoms with Crippen molar-refractivity contribution in [2.75, 3.05) is 18.9 Å². The van der Waals surface area contributed by atoms with Gasteiger partial charge in [-0.15, -0.1) is 0 Å². The molecular weight excluding hydrogens is 409 g/mol. The van der Waals surface area contributed by atoms with Crippen molar-refractivity contribution in [2.45, 2.75) is 31.8 Å². The summed E-state index contributed by atoms with van der Waals surface area (Å²) >= 11 is 0. The highest BCUT2D eigenvalue weighted by atomic mass is 19.1. The van der Waals surface area contributed by atoms with Gasteiger partial charge in [0.15, 0.2) is 0 Å². The second-order valence-corrected chi connectivity index (χ2v) is 7.98. The molecule has 3 N–H and O–H groups in total. The van der Waals surface area contributed by atoms with Crippen LogP contribution in [0.3, 0.4) is 0 Å². The number of anilines is 1. The van der Waals surface area contributed by atoms with Gasteiger partial charge in [0.1, 0.15) is 18.0 Å². The van der Waals surface area contributed by atoms with Crippen molar-refractivity contribution in [1.82, 2.24) is 30.3 Å². The number of halogens is 1. The predicted molar refractivity (Wildman–Crippen MR) is 120 cm³/mol. The van der Waals surface area contributed by atoms with Gasteiger partial charge in [-0.25, -0.2) is 19.2 Å². The largest absolute Gasteiger partial charge is 0.384 e. The fourth-order valence-corrected chi connectivity index (χ4v) is 4.64. The minimum absolute atomic E-state index is 0.0646. The Balaban J connectivity index is 1.75. The zero-order valence-electron chi connectivity index (χ0n) is 17.9. The van der Waals surface area contributed by atoms with E-state index in [1.54, 1.807) is 6.33 Å². The van der Waals surface area contributed by atoms with Crippen molar-refractivity contribution in [3.8, 4) is 0 Å². The summed E-state index contributed by atoms with van der Waals surface area (Å²) in [5.74, 6) is -0.0567. The van der Waals surface area contributed by atoms with Gasteiger partial charge in [-0.3, -0.25) is 4.79 Å². The summed E-state index contributed by atoms with van der Waals surface area (Å²) in [6.45, 7) is 3.96. The minimum Gasteiger partial charge on any atom is -0.384 e. The summed E-state index contributed by atoms with van der Waals surface area (Å²) in [6.07, 6.45) is 1.54. The van der Waals surface area contributed by atoms with E-state index in [2.05, 4.69) is 55.2 Å². The number of rotatable bonds is 5. The number of H-pyrrole nitrogens is 1. The van der Waals surface area contributed by atoms with Crippen LogP contribution in [0, 0.1) is 5.82 Å². The van der Waals surface area contributed by atoms with Gasteiger partial charge < -0.3 is 10.6 Å². The molecule has 9 heteroatoms. The lowest BCUT2D eigenvalue weighted by Gasteiger charge is -2.25. The van der Waals surface area contributed by atoms with Crippen LogP contribution in [0.15, 0.2) is 47.5 Å². The van der Waals surface area contributed by atoms with Gasteiger partial charge >= 0.3 is 0 Å². The molecule has 4 aromatic rings. The molecular formula is C23H24FN7O. The normalized spacial score (nSPS) is 17.8. The van der Waals surface area contributed by atoms with Gasteiger partial charge in [0.25, 0.3) is 5.56 Å². The van der Waals surface area contributed by atoms with Crippen LogP contribution in [-0.2, 0) is 13.1 Å². The first kappa shape index (κ1) is 20.3. The zero-order valence-corrected chi connectivity index (χ0v) is 17.9. The van der Waals surface area contributed by atoms with Crippen LogP contribution in [0.5, 0.6) is 0 Å². The van der Waals surface area contributed by atoms with Crippen LogP contribution in [0.1, 0.15) is 41.4 Å². The first-order valence-electron chi connectivity index (χ1n) is 10.7. The molecule has 0 spiro atoms. The summed E-state index contributed by atoms with van der Waals surface area (Å²) in [7, 11) is 1.92. The lowest BCUT2D eigenvalue weighted by atomic mass is 9.82. The second kappa shape index (κ2) is 8.16. The number of nitrogens with one attached hydrogen (secondary N) is 3.